The van der Waals surface area contributed by atoms with Crippen molar-refractivity contribution in [2.24, 2.45) is 0 Å². The third-order valence-electron chi connectivity index (χ3n) is 4.09. The van der Waals surface area contributed by atoms with E-state index in [1.165, 1.54) is 0 Å². The highest BCUT2D eigenvalue weighted by molar-refractivity contribution is 5.83. The summed E-state index contributed by atoms with van der Waals surface area (Å²) in [5.74, 6) is 0.812. The number of amides is 1. The van der Waals surface area contributed by atoms with Crippen LogP contribution in [0, 0.1) is 6.92 Å². The average molecular weight is 347 g/mol. The lowest BCUT2D eigenvalue weighted by molar-refractivity contribution is -0.122. The molecule has 5 nitrogen and oxygen atoms in total. The zero-order chi connectivity index (χ0) is 18.4. The first-order valence-corrected chi connectivity index (χ1v) is 8.50. The first-order chi connectivity index (χ1) is 12.6. The Bertz CT molecular complexity index is 864. The first kappa shape index (κ1) is 17.6. The minimum atomic E-state index is -0.224. The second-order valence-electron chi connectivity index (χ2n) is 6.06. The molecule has 0 bridgehead atoms. The predicted octanol–water partition coefficient (Wildman–Crippen LogP) is 4.00. The fraction of sp³-hybridized carbons (Fsp3) is 0.190. The summed E-state index contributed by atoms with van der Waals surface area (Å²) in [6, 6.07) is 17.1. The second kappa shape index (κ2) is 8.25. The lowest BCUT2D eigenvalue weighted by Gasteiger charge is -2.14. The number of carbonyl (C=O) groups is 1. The van der Waals surface area contributed by atoms with Gasteiger partial charge < -0.3 is 10.1 Å². The van der Waals surface area contributed by atoms with Gasteiger partial charge in [-0.05, 0) is 37.6 Å². The van der Waals surface area contributed by atoms with Gasteiger partial charge in [-0.15, -0.1) is 0 Å². The first-order valence-electron chi connectivity index (χ1n) is 8.50. The summed E-state index contributed by atoms with van der Waals surface area (Å²) in [4.78, 5) is 20.9. The van der Waals surface area contributed by atoms with Gasteiger partial charge in [0.1, 0.15) is 5.75 Å². The van der Waals surface area contributed by atoms with Gasteiger partial charge in [0.2, 0.25) is 11.8 Å². The van der Waals surface area contributed by atoms with Gasteiger partial charge >= 0.3 is 0 Å². The molecular weight excluding hydrogens is 326 g/mol. The molecule has 0 aliphatic carbocycles. The Labute approximate surface area is 153 Å². The molecule has 0 fully saturated rings. The van der Waals surface area contributed by atoms with Gasteiger partial charge in [0, 0.05) is 24.0 Å². The van der Waals surface area contributed by atoms with Gasteiger partial charge in [-0.25, -0.2) is 4.98 Å². The Morgan fingerprint density at radius 3 is 2.62 bits per heavy atom. The zero-order valence-corrected chi connectivity index (χ0v) is 14.8. The molecule has 0 unspecified atom stereocenters. The van der Waals surface area contributed by atoms with Gasteiger partial charge in [-0.2, -0.15) is 0 Å². The molecule has 0 saturated carbocycles. The number of pyridine rings is 2. The third kappa shape index (κ3) is 4.45. The molecule has 1 amide bonds. The number of carbonyl (C=O) groups excluding carboxylic acids is 1. The molecule has 26 heavy (non-hydrogen) atoms. The zero-order valence-electron chi connectivity index (χ0n) is 14.8. The van der Waals surface area contributed by atoms with Gasteiger partial charge in [0.05, 0.1) is 12.1 Å². The van der Waals surface area contributed by atoms with Gasteiger partial charge in [0.15, 0.2) is 0 Å². The summed E-state index contributed by atoms with van der Waals surface area (Å²) < 4.78 is 5.82. The van der Waals surface area contributed by atoms with Gasteiger partial charge in [0.25, 0.3) is 0 Å². The van der Waals surface area contributed by atoms with Crippen LogP contribution in [0.4, 0.5) is 0 Å². The molecule has 0 spiro atoms. The van der Waals surface area contributed by atoms with Crippen molar-refractivity contribution in [1.29, 1.82) is 0 Å². The van der Waals surface area contributed by atoms with Crippen LogP contribution in [0.25, 0.3) is 0 Å². The highest BCUT2D eigenvalue weighted by Gasteiger charge is 2.15. The minimum Gasteiger partial charge on any atom is -0.437 e. The van der Waals surface area contributed by atoms with Crippen LogP contribution in [-0.2, 0) is 11.3 Å². The number of aromatic nitrogens is 2. The van der Waals surface area contributed by atoms with Crippen molar-refractivity contribution < 1.29 is 9.53 Å². The van der Waals surface area contributed by atoms with Crippen molar-refractivity contribution in [2.45, 2.75) is 26.3 Å². The normalized spacial score (nSPS) is 11.6. The van der Waals surface area contributed by atoms with E-state index in [1.54, 1.807) is 12.4 Å². The highest BCUT2D eigenvalue weighted by atomic mass is 16.5. The van der Waals surface area contributed by atoms with Crippen molar-refractivity contribution in [3.8, 4) is 11.6 Å². The van der Waals surface area contributed by atoms with E-state index in [4.69, 9.17) is 4.74 Å². The number of aryl methyl sites for hydroxylation is 1. The van der Waals surface area contributed by atoms with Crippen LogP contribution in [0.15, 0.2) is 67.0 Å². The quantitative estimate of drug-likeness (QED) is 0.732. The maximum absolute atomic E-state index is 12.4. The number of nitrogens with one attached hydrogen (secondary N) is 1. The van der Waals surface area contributed by atoms with Crippen molar-refractivity contribution in [3.63, 3.8) is 0 Å². The van der Waals surface area contributed by atoms with Crippen LogP contribution < -0.4 is 10.1 Å². The van der Waals surface area contributed by atoms with Crippen LogP contribution in [-0.4, -0.2) is 15.9 Å². The van der Waals surface area contributed by atoms with Crippen molar-refractivity contribution in [3.05, 3.63) is 83.8 Å². The fourth-order valence-corrected chi connectivity index (χ4v) is 2.51. The highest BCUT2D eigenvalue weighted by Crippen LogP contribution is 2.22. The molecule has 1 aromatic carbocycles. The summed E-state index contributed by atoms with van der Waals surface area (Å²) in [6.45, 7) is 4.15. The average Bonchev–Trinajstić information content (AvgIpc) is 2.69. The summed E-state index contributed by atoms with van der Waals surface area (Å²) in [5, 5.41) is 2.96. The van der Waals surface area contributed by atoms with E-state index < -0.39 is 0 Å². The van der Waals surface area contributed by atoms with E-state index in [0.29, 0.717) is 18.2 Å². The number of rotatable bonds is 6. The molecule has 132 valence electrons. The smallest absolute Gasteiger partial charge is 0.227 e. The van der Waals surface area contributed by atoms with Crippen LogP contribution in [0.3, 0.4) is 0 Å². The largest absolute Gasteiger partial charge is 0.437 e. The molecule has 3 aromatic rings. The molecule has 0 aliphatic rings. The molecular formula is C21H21N3O2. The minimum absolute atomic E-state index is 0.0389. The molecule has 1 atom stereocenters. The summed E-state index contributed by atoms with van der Waals surface area (Å²) in [5.41, 5.74) is 2.71. The van der Waals surface area contributed by atoms with E-state index >= 15 is 0 Å². The maximum Gasteiger partial charge on any atom is 0.227 e. The van der Waals surface area contributed by atoms with Crippen molar-refractivity contribution >= 4 is 5.91 Å². The second-order valence-corrected chi connectivity index (χ2v) is 6.06. The van der Waals surface area contributed by atoms with E-state index in [0.717, 1.165) is 16.8 Å². The molecule has 1 N–H and O–H groups in total. The lowest BCUT2D eigenvalue weighted by Crippen LogP contribution is -2.27. The Morgan fingerprint density at radius 1 is 1.08 bits per heavy atom. The third-order valence-corrected chi connectivity index (χ3v) is 4.09. The van der Waals surface area contributed by atoms with Crippen LogP contribution in [0.1, 0.15) is 29.7 Å². The van der Waals surface area contributed by atoms with E-state index in [1.807, 2.05) is 68.4 Å². The van der Waals surface area contributed by atoms with Crippen molar-refractivity contribution in [2.75, 3.05) is 0 Å². The maximum atomic E-state index is 12.4. The van der Waals surface area contributed by atoms with E-state index in [9.17, 15) is 4.79 Å². The Hall–Kier alpha value is -3.21. The van der Waals surface area contributed by atoms with Crippen LogP contribution in [0.2, 0.25) is 0 Å². The summed E-state index contributed by atoms with van der Waals surface area (Å²) in [7, 11) is 0. The standard InChI is InChI=1S/C21H21N3O2/c1-15-10-11-19(14-23-15)26-21-18(9-6-12-22-21)13-24-20(25)16(2)17-7-4-3-5-8-17/h3-12,14,16H,13H2,1-2H3,(H,24,25)/t16-/m1/s1. The Balaban J connectivity index is 1.66. The summed E-state index contributed by atoms with van der Waals surface area (Å²) in [6.07, 6.45) is 3.32. The predicted molar refractivity (Wildman–Crippen MR) is 100.0 cm³/mol. The molecule has 2 heterocycles. The van der Waals surface area contributed by atoms with Gasteiger partial charge in [-0.1, -0.05) is 36.4 Å². The lowest BCUT2D eigenvalue weighted by atomic mass is 10.0. The fourth-order valence-electron chi connectivity index (χ4n) is 2.51. The SMILES string of the molecule is Cc1ccc(Oc2ncccc2CNC(=O)[C@H](C)c2ccccc2)cn1. The van der Waals surface area contributed by atoms with Crippen LogP contribution in [0.5, 0.6) is 11.6 Å². The van der Waals surface area contributed by atoms with Crippen molar-refractivity contribution in [1.82, 2.24) is 15.3 Å². The number of ether oxygens (including phenoxy) is 1. The van der Waals surface area contributed by atoms with E-state index in [-0.39, 0.29) is 11.8 Å². The Kier molecular flexibility index (Phi) is 5.59. The molecule has 0 aliphatic heterocycles. The topological polar surface area (TPSA) is 64.1 Å². The molecule has 5 heteroatoms. The Morgan fingerprint density at radius 2 is 1.88 bits per heavy atom. The number of benzene rings is 1. The molecule has 2 aromatic heterocycles. The van der Waals surface area contributed by atoms with E-state index in [2.05, 4.69) is 15.3 Å². The number of hydrogen-bond donors (Lipinski definition) is 1. The molecule has 3 rings (SSSR count). The molecule has 0 saturated heterocycles. The monoisotopic (exact) mass is 347 g/mol. The number of hydrogen-bond acceptors (Lipinski definition) is 4. The summed E-state index contributed by atoms with van der Waals surface area (Å²) >= 11 is 0. The molecule has 0 radical (unpaired) electrons. The van der Waals surface area contributed by atoms with Crippen LogP contribution >= 0.6 is 0 Å². The number of nitrogens with zero attached hydrogens (tertiary/aromatic N) is 2. The van der Waals surface area contributed by atoms with Gasteiger partial charge in [-0.3, -0.25) is 9.78 Å².